The Balaban J connectivity index is 1.68. The van der Waals surface area contributed by atoms with Crippen LogP contribution < -0.4 is 5.32 Å². The summed E-state index contributed by atoms with van der Waals surface area (Å²) >= 11 is 1.91. The zero-order chi connectivity index (χ0) is 13.5. The van der Waals surface area contributed by atoms with E-state index >= 15 is 0 Å². The molecule has 1 aliphatic heterocycles. The predicted octanol–water partition coefficient (Wildman–Crippen LogP) is 2.46. The number of aryl methyl sites for hydroxylation is 2. The lowest BCUT2D eigenvalue weighted by molar-refractivity contribution is -0.131. The molecule has 0 spiro atoms. The number of hydrogen-bond acceptors (Lipinski definition) is 3. The molecule has 0 atom stereocenters. The van der Waals surface area contributed by atoms with Gasteiger partial charge in [-0.2, -0.15) is 0 Å². The van der Waals surface area contributed by atoms with Gasteiger partial charge in [-0.3, -0.25) is 4.79 Å². The van der Waals surface area contributed by atoms with Crippen LogP contribution in [0.3, 0.4) is 0 Å². The summed E-state index contributed by atoms with van der Waals surface area (Å²) in [5.74, 6) is 0.326. The molecule has 0 aromatic carbocycles. The number of thiophene rings is 1. The SMILES string of the molecule is CCCc1ccc(CCCC(=O)N2CCNCC2)s1. The predicted molar refractivity (Wildman–Crippen MR) is 80.7 cm³/mol. The van der Waals surface area contributed by atoms with Gasteiger partial charge >= 0.3 is 0 Å². The van der Waals surface area contributed by atoms with Gasteiger partial charge in [-0.05, 0) is 31.4 Å². The van der Waals surface area contributed by atoms with Crippen molar-refractivity contribution in [3.05, 3.63) is 21.9 Å². The molecule has 2 rings (SSSR count). The quantitative estimate of drug-likeness (QED) is 0.868. The maximum absolute atomic E-state index is 12.0. The van der Waals surface area contributed by atoms with Gasteiger partial charge in [0, 0.05) is 42.4 Å². The molecule has 0 bridgehead atoms. The Morgan fingerprint density at radius 1 is 1.26 bits per heavy atom. The topological polar surface area (TPSA) is 32.3 Å². The monoisotopic (exact) mass is 280 g/mol. The minimum Gasteiger partial charge on any atom is -0.340 e. The average Bonchev–Trinajstić information content (AvgIpc) is 2.88. The summed E-state index contributed by atoms with van der Waals surface area (Å²) in [7, 11) is 0. The van der Waals surface area contributed by atoms with Crippen LogP contribution in [-0.2, 0) is 17.6 Å². The number of nitrogens with one attached hydrogen (secondary N) is 1. The van der Waals surface area contributed by atoms with Crippen molar-refractivity contribution in [1.82, 2.24) is 10.2 Å². The first-order valence-corrected chi connectivity index (χ1v) is 8.17. The minimum absolute atomic E-state index is 0.326. The number of rotatable bonds is 6. The zero-order valence-electron chi connectivity index (χ0n) is 11.8. The van der Waals surface area contributed by atoms with Crippen molar-refractivity contribution in [2.45, 2.75) is 39.0 Å². The van der Waals surface area contributed by atoms with Crippen molar-refractivity contribution >= 4 is 17.2 Å². The fourth-order valence-electron chi connectivity index (χ4n) is 2.42. The Bertz CT molecular complexity index is 397. The van der Waals surface area contributed by atoms with E-state index in [1.807, 2.05) is 16.2 Å². The summed E-state index contributed by atoms with van der Waals surface area (Å²) in [5.41, 5.74) is 0. The second kappa shape index (κ2) is 7.65. The Labute approximate surface area is 120 Å². The largest absolute Gasteiger partial charge is 0.340 e. The molecule has 1 aromatic heterocycles. The summed E-state index contributed by atoms with van der Waals surface area (Å²) in [4.78, 5) is 16.9. The molecule has 1 N–H and O–H groups in total. The number of carbonyl (C=O) groups excluding carboxylic acids is 1. The molecule has 19 heavy (non-hydrogen) atoms. The van der Waals surface area contributed by atoms with Crippen molar-refractivity contribution in [1.29, 1.82) is 0 Å². The highest BCUT2D eigenvalue weighted by atomic mass is 32.1. The molecule has 2 heterocycles. The van der Waals surface area contributed by atoms with Crippen molar-refractivity contribution in [2.75, 3.05) is 26.2 Å². The summed E-state index contributed by atoms with van der Waals surface area (Å²) in [6.45, 7) is 5.84. The van der Waals surface area contributed by atoms with Crippen molar-refractivity contribution < 1.29 is 4.79 Å². The lowest BCUT2D eigenvalue weighted by atomic mass is 10.2. The van der Waals surface area contributed by atoms with Crippen LogP contribution in [0.5, 0.6) is 0 Å². The Kier molecular flexibility index (Phi) is 5.86. The first-order valence-electron chi connectivity index (χ1n) is 7.35. The van der Waals surface area contributed by atoms with Crippen LogP contribution in [-0.4, -0.2) is 37.0 Å². The molecule has 1 saturated heterocycles. The summed E-state index contributed by atoms with van der Waals surface area (Å²) in [6, 6.07) is 4.46. The molecular weight excluding hydrogens is 256 g/mol. The van der Waals surface area contributed by atoms with Gasteiger partial charge in [-0.25, -0.2) is 0 Å². The van der Waals surface area contributed by atoms with Crippen LogP contribution in [0.1, 0.15) is 35.9 Å². The molecule has 0 radical (unpaired) electrons. The summed E-state index contributed by atoms with van der Waals surface area (Å²) < 4.78 is 0. The second-order valence-electron chi connectivity index (χ2n) is 5.10. The van der Waals surface area contributed by atoms with E-state index < -0.39 is 0 Å². The van der Waals surface area contributed by atoms with Crippen LogP contribution in [0.15, 0.2) is 12.1 Å². The molecule has 0 aliphatic carbocycles. The van der Waals surface area contributed by atoms with Gasteiger partial charge in [0.2, 0.25) is 5.91 Å². The van der Waals surface area contributed by atoms with Crippen LogP contribution in [0.2, 0.25) is 0 Å². The molecule has 4 heteroatoms. The van der Waals surface area contributed by atoms with Gasteiger partial charge in [0.05, 0.1) is 0 Å². The van der Waals surface area contributed by atoms with Crippen LogP contribution in [0.25, 0.3) is 0 Å². The smallest absolute Gasteiger partial charge is 0.222 e. The molecule has 3 nitrogen and oxygen atoms in total. The third-order valence-corrected chi connectivity index (χ3v) is 4.70. The maximum atomic E-state index is 12.0. The summed E-state index contributed by atoms with van der Waals surface area (Å²) in [6.07, 6.45) is 5.12. The molecule has 0 saturated carbocycles. The standard InChI is InChI=1S/C15H24N2OS/c1-2-4-13-7-8-14(19-13)5-3-6-15(18)17-11-9-16-10-12-17/h7-8,16H,2-6,9-12H2,1H3. The van der Waals surface area contributed by atoms with Crippen LogP contribution >= 0.6 is 11.3 Å². The molecule has 1 aromatic rings. The van der Waals surface area contributed by atoms with Gasteiger partial charge in [0.1, 0.15) is 0 Å². The number of piperazine rings is 1. The van der Waals surface area contributed by atoms with Gasteiger partial charge in [0.25, 0.3) is 0 Å². The zero-order valence-corrected chi connectivity index (χ0v) is 12.6. The van der Waals surface area contributed by atoms with E-state index in [1.165, 1.54) is 22.6 Å². The normalized spacial score (nSPS) is 15.7. The van der Waals surface area contributed by atoms with Crippen LogP contribution in [0.4, 0.5) is 0 Å². The highest BCUT2D eigenvalue weighted by molar-refractivity contribution is 7.11. The van der Waals surface area contributed by atoms with Crippen molar-refractivity contribution in [2.24, 2.45) is 0 Å². The maximum Gasteiger partial charge on any atom is 0.222 e. The first-order chi connectivity index (χ1) is 9.29. The highest BCUT2D eigenvalue weighted by Crippen LogP contribution is 2.20. The molecule has 106 valence electrons. The molecular formula is C15H24N2OS. The second-order valence-corrected chi connectivity index (χ2v) is 6.36. The van der Waals surface area contributed by atoms with Crippen molar-refractivity contribution in [3.8, 4) is 0 Å². The summed E-state index contributed by atoms with van der Waals surface area (Å²) in [5, 5.41) is 3.27. The Morgan fingerprint density at radius 3 is 2.63 bits per heavy atom. The van der Waals surface area contributed by atoms with Gasteiger partial charge in [0.15, 0.2) is 0 Å². The number of carbonyl (C=O) groups is 1. The molecule has 1 amide bonds. The number of amides is 1. The van der Waals surface area contributed by atoms with E-state index in [0.717, 1.165) is 39.0 Å². The van der Waals surface area contributed by atoms with E-state index in [1.54, 1.807) is 0 Å². The van der Waals surface area contributed by atoms with E-state index in [0.29, 0.717) is 12.3 Å². The van der Waals surface area contributed by atoms with E-state index in [9.17, 15) is 4.79 Å². The van der Waals surface area contributed by atoms with Crippen LogP contribution in [0, 0.1) is 0 Å². The molecule has 1 aliphatic rings. The third kappa shape index (κ3) is 4.62. The molecule has 0 unspecified atom stereocenters. The average molecular weight is 280 g/mol. The number of nitrogens with zero attached hydrogens (tertiary/aromatic N) is 1. The lowest BCUT2D eigenvalue weighted by Crippen LogP contribution is -2.46. The lowest BCUT2D eigenvalue weighted by Gasteiger charge is -2.27. The third-order valence-electron chi connectivity index (χ3n) is 3.50. The van der Waals surface area contributed by atoms with Gasteiger partial charge in [-0.15, -0.1) is 11.3 Å². The van der Waals surface area contributed by atoms with Crippen molar-refractivity contribution in [3.63, 3.8) is 0 Å². The number of hydrogen-bond donors (Lipinski definition) is 1. The highest BCUT2D eigenvalue weighted by Gasteiger charge is 2.15. The molecule has 1 fully saturated rings. The first kappa shape index (κ1) is 14.5. The Hall–Kier alpha value is -0.870. The van der Waals surface area contributed by atoms with E-state index in [2.05, 4.69) is 24.4 Å². The van der Waals surface area contributed by atoms with Gasteiger partial charge < -0.3 is 10.2 Å². The van der Waals surface area contributed by atoms with E-state index in [4.69, 9.17) is 0 Å². The minimum atomic E-state index is 0.326. The fraction of sp³-hybridized carbons (Fsp3) is 0.667. The fourth-order valence-corrected chi connectivity index (χ4v) is 3.59. The Morgan fingerprint density at radius 2 is 1.95 bits per heavy atom. The van der Waals surface area contributed by atoms with Gasteiger partial charge in [-0.1, -0.05) is 13.3 Å². The van der Waals surface area contributed by atoms with E-state index in [-0.39, 0.29) is 0 Å².